The number of amides is 1. The number of likely N-dealkylation sites (tertiary alicyclic amines) is 2. The van der Waals surface area contributed by atoms with E-state index < -0.39 is 5.82 Å². The number of pyridine rings is 1. The Hall–Kier alpha value is -3.76. The number of halogens is 1. The van der Waals surface area contributed by atoms with Crippen LogP contribution in [0.2, 0.25) is 0 Å². The van der Waals surface area contributed by atoms with Crippen LogP contribution < -0.4 is 16.6 Å². The van der Waals surface area contributed by atoms with Crippen molar-refractivity contribution in [3.8, 4) is 0 Å². The van der Waals surface area contributed by atoms with Crippen LogP contribution in [-0.2, 0) is 11.3 Å². The number of Topliss-reactive ketones (excluding diaryl/α,β-unsaturated/α-hetero) is 1. The van der Waals surface area contributed by atoms with Crippen LogP contribution in [0.1, 0.15) is 22.8 Å². The molecule has 5 N–H and O–H groups in total. The van der Waals surface area contributed by atoms with Crippen LogP contribution >= 0.6 is 0 Å². The minimum Gasteiger partial charge on any atom is -0.403 e. The lowest BCUT2D eigenvalue weighted by molar-refractivity contribution is -0.117. The smallest absolute Gasteiger partial charge is 0.209 e. The van der Waals surface area contributed by atoms with Gasteiger partial charge >= 0.3 is 0 Å². The fourth-order valence-electron chi connectivity index (χ4n) is 4.91. The first-order chi connectivity index (χ1) is 16.9. The SMILES string of the molecule is CC(=O)c1c[nH]c2c(N(N)/C=C\N)ncc(F)c12.O=CN1CC2CN(Cc3ccccc3)CC2C1. The fourth-order valence-corrected chi connectivity index (χ4v) is 4.91. The molecule has 2 unspecified atom stereocenters. The molecule has 3 aromatic rings. The molecule has 0 radical (unpaired) electrons. The van der Waals surface area contributed by atoms with Crippen LogP contribution in [-0.4, -0.2) is 58.1 Å². The summed E-state index contributed by atoms with van der Waals surface area (Å²) in [5, 5.41) is 1.32. The number of benzene rings is 1. The monoisotopic (exact) mass is 479 g/mol. The van der Waals surface area contributed by atoms with E-state index in [2.05, 4.69) is 45.2 Å². The van der Waals surface area contributed by atoms with Gasteiger partial charge in [0, 0.05) is 56.9 Å². The molecule has 10 heteroatoms. The third-order valence-corrected chi connectivity index (χ3v) is 6.50. The summed E-state index contributed by atoms with van der Waals surface area (Å²) in [7, 11) is 0. The second-order valence-electron chi connectivity index (χ2n) is 8.95. The Kier molecular flexibility index (Phi) is 7.42. The van der Waals surface area contributed by atoms with Crippen molar-refractivity contribution < 1.29 is 14.0 Å². The molecule has 0 spiro atoms. The van der Waals surface area contributed by atoms with E-state index in [4.69, 9.17) is 11.6 Å². The molecular weight excluding hydrogens is 449 g/mol. The highest BCUT2D eigenvalue weighted by atomic mass is 19.1. The molecule has 0 saturated carbocycles. The molecule has 2 aromatic heterocycles. The van der Waals surface area contributed by atoms with Gasteiger partial charge in [0.2, 0.25) is 6.41 Å². The van der Waals surface area contributed by atoms with Crippen LogP contribution in [0.3, 0.4) is 0 Å². The zero-order valence-corrected chi connectivity index (χ0v) is 19.6. The number of carbonyl (C=O) groups excluding carboxylic acids is 2. The van der Waals surface area contributed by atoms with E-state index in [0.29, 0.717) is 17.4 Å². The Labute approximate surface area is 203 Å². The maximum absolute atomic E-state index is 13.7. The minimum atomic E-state index is -0.578. The largest absolute Gasteiger partial charge is 0.403 e. The lowest BCUT2D eigenvalue weighted by Crippen LogP contribution is -2.27. The normalized spacial score (nSPS) is 19.6. The number of hydrogen-bond acceptors (Lipinski definition) is 7. The quantitative estimate of drug-likeness (QED) is 0.214. The molecule has 2 aliphatic heterocycles. The number of hydrogen-bond donors (Lipinski definition) is 3. The van der Waals surface area contributed by atoms with E-state index in [1.807, 2.05) is 4.90 Å². The number of carbonyl (C=O) groups is 2. The number of anilines is 1. The van der Waals surface area contributed by atoms with Crippen molar-refractivity contribution in [3.05, 3.63) is 72.1 Å². The molecule has 4 heterocycles. The third-order valence-electron chi connectivity index (χ3n) is 6.50. The van der Waals surface area contributed by atoms with Crippen LogP contribution in [0, 0.1) is 17.7 Å². The van der Waals surface area contributed by atoms with E-state index in [9.17, 15) is 14.0 Å². The molecule has 2 saturated heterocycles. The second-order valence-corrected chi connectivity index (χ2v) is 8.95. The van der Waals surface area contributed by atoms with Gasteiger partial charge in [0.05, 0.1) is 17.1 Å². The first-order valence-electron chi connectivity index (χ1n) is 11.5. The molecule has 5 rings (SSSR count). The molecular formula is C25H30FN7O2. The van der Waals surface area contributed by atoms with Crippen molar-refractivity contribution in [2.75, 3.05) is 31.2 Å². The van der Waals surface area contributed by atoms with Gasteiger partial charge < -0.3 is 15.6 Å². The Balaban J connectivity index is 0.000000165. The molecule has 1 aromatic carbocycles. The predicted octanol–water partition coefficient (Wildman–Crippen LogP) is 2.22. The highest BCUT2D eigenvalue weighted by molar-refractivity contribution is 6.09. The molecule has 35 heavy (non-hydrogen) atoms. The molecule has 0 bridgehead atoms. The summed E-state index contributed by atoms with van der Waals surface area (Å²) in [4.78, 5) is 33.2. The number of aromatic amines is 1. The lowest BCUT2D eigenvalue weighted by atomic mass is 10.0. The number of H-pyrrole nitrogens is 1. The number of fused-ring (bicyclic) bond motifs is 2. The van der Waals surface area contributed by atoms with E-state index in [1.54, 1.807) is 0 Å². The van der Waals surface area contributed by atoms with E-state index >= 15 is 0 Å². The van der Waals surface area contributed by atoms with Crippen LogP contribution in [0.4, 0.5) is 10.2 Å². The van der Waals surface area contributed by atoms with Gasteiger partial charge in [0.1, 0.15) is 0 Å². The Morgan fingerprint density at radius 2 is 1.91 bits per heavy atom. The first kappa shape index (κ1) is 24.4. The molecule has 2 fully saturated rings. The van der Waals surface area contributed by atoms with Gasteiger partial charge in [-0.2, -0.15) is 0 Å². The Morgan fingerprint density at radius 1 is 1.23 bits per heavy atom. The molecule has 2 aliphatic rings. The van der Waals surface area contributed by atoms with Crippen molar-refractivity contribution in [1.82, 2.24) is 19.8 Å². The average Bonchev–Trinajstić information content (AvgIpc) is 3.54. The minimum absolute atomic E-state index is 0.174. The van der Waals surface area contributed by atoms with Crippen molar-refractivity contribution >= 4 is 28.9 Å². The summed E-state index contributed by atoms with van der Waals surface area (Å²) in [6, 6.07) is 10.6. The van der Waals surface area contributed by atoms with Gasteiger partial charge in [0.25, 0.3) is 0 Å². The van der Waals surface area contributed by atoms with Crippen molar-refractivity contribution in [1.29, 1.82) is 0 Å². The van der Waals surface area contributed by atoms with Crippen LogP contribution in [0.15, 0.2) is 55.1 Å². The Bertz CT molecular complexity index is 1200. The maximum Gasteiger partial charge on any atom is 0.209 e. The molecule has 0 aliphatic carbocycles. The standard InChI is InChI=1S/C14H18N2O.C11H12FN5O/c17-11-16-9-13-7-15(8-14(13)10-16)6-12-4-2-1-3-5-12;1-6(18)7-4-15-10-9(7)8(12)5-16-11(10)17(14)3-2-13/h1-5,11,13-14H,6-10H2;2-5,15H,13-14H2,1H3/b;3-2-. The molecule has 184 valence electrons. The highest BCUT2D eigenvalue weighted by Crippen LogP contribution is 2.31. The topological polar surface area (TPSA) is 125 Å². The van der Waals surface area contributed by atoms with E-state index in [0.717, 1.165) is 50.3 Å². The second kappa shape index (κ2) is 10.7. The van der Waals surface area contributed by atoms with E-state index in [1.165, 1.54) is 31.1 Å². The maximum atomic E-state index is 13.7. The van der Waals surface area contributed by atoms with Gasteiger partial charge in [-0.3, -0.25) is 19.5 Å². The number of nitrogens with one attached hydrogen (secondary N) is 1. The highest BCUT2D eigenvalue weighted by Gasteiger charge is 2.39. The Morgan fingerprint density at radius 3 is 2.51 bits per heavy atom. The zero-order chi connectivity index (χ0) is 24.9. The first-order valence-corrected chi connectivity index (χ1v) is 11.5. The predicted molar refractivity (Wildman–Crippen MR) is 132 cm³/mol. The zero-order valence-electron chi connectivity index (χ0n) is 19.6. The summed E-state index contributed by atoms with van der Waals surface area (Å²) in [6.45, 7) is 6.61. The van der Waals surface area contributed by atoms with Gasteiger partial charge in [-0.15, -0.1) is 0 Å². The summed E-state index contributed by atoms with van der Waals surface area (Å²) in [6.07, 6.45) is 6.04. The molecule has 2 atom stereocenters. The summed E-state index contributed by atoms with van der Waals surface area (Å²) in [5.41, 5.74) is 7.22. The van der Waals surface area contributed by atoms with Crippen molar-refractivity contribution in [3.63, 3.8) is 0 Å². The van der Waals surface area contributed by atoms with Gasteiger partial charge in [-0.05, 0) is 24.3 Å². The number of rotatable bonds is 6. The number of nitrogens with zero attached hydrogens (tertiary/aromatic N) is 4. The van der Waals surface area contributed by atoms with Crippen LogP contribution in [0.5, 0.6) is 0 Å². The third kappa shape index (κ3) is 5.33. The summed E-state index contributed by atoms with van der Waals surface area (Å²) < 4.78 is 13.7. The number of aromatic nitrogens is 2. The molecule has 9 nitrogen and oxygen atoms in total. The lowest BCUT2D eigenvalue weighted by Gasteiger charge is -2.19. The van der Waals surface area contributed by atoms with Gasteiger partial charge in [-0.25, -0.2) is 15.2 Å². The summed E-state index contributed by atoms with van der Waals surface area (Å²) >= 11 is 0. The number of nitrogens with two attached hydrogens (primary N) is 2. The fraction of sp³-hybridized carbons (Fsp3) is 0.320. The van der Waals surface area contributed by atoms with Gasteiger partial charge in [-0.1, -0.05) is 30.3 Å². The molecule has 1 amide bonds. The van der Waals surface area contributed by atoms with Gasteiger partial charge in [0.15, 0.2) is 17.4 Å². The average molecular weight is 480 g/mol. The number of ketones is 1. The van der Waals surface area contributed by atoms with E-state index in [-0.39, 0.29) is 22.6 Å². The van der Waals surface area contributed by atoms with Crippen LogP contribution in [0.25, 0.3) is 10.9 Å². The van der Waals surface area contributed by atoms with Crippen molar-refractivity contribution in [2.45, 2.75) is 13.5 Å². The summed E-state index contributed by atoms with van der Waals surface area (Å²) in [5.74, 6) is 6.54. The number of hydrazine groups is 1. The van der Waals surface area contributed by atoms with Crippen molar-refractivity contribution in [2.24, 2.45) is 23.4 Å².